The summed E-state index contributed by atoms with van der Waals surface area (Å²) in [6, 6.07) is 10.3. The zero-order valence-electron chi connectivity index (χ0n) is 15.3. The van der Waals surface area contributed by atoms with Gasteiger partial charge in [-0.1, -0.05) is 62.0 Å². The van der Waals surface area contributed by atoms with E-state index in [-0.39, 0.29) is 5.91 Å². The molecule has 1 fully saturated rings. The third kappa shape index (κ3) is 4.30. The van der Waals surface area contributed by atoms with Gasteiger partial charge in [0.1, 0.15) is 0 Å². The number of hydrogen-bond donors (Lipinski definition) is 0. The lowest BCUT2D eigenvalue weighted by molar-refractivity contribution is 0.0783. The van der Waals surface area contributed by atoms with Crippen molar-refractivity contribution in [3.8, 4) is 11.3 Å². The average molecular weight is 340 g/mol. The lowest BCUT2D eigenvalue weighted by atomic mass is 9.84. The van der Waals surface area contributed by atoms with Crippen molar-refractivity contribution in [2.75, 3.05) is 13.6 Å². The van der Waals surface area contributed by atoms with Crippen molar-refractivity contribution >= 4 is 5.91 Å². The summed E-state index contributed by atoms with van der Waals surface area (Å²) in [5.74, 6) is 1.27. The SMILES string of the molecule is CCCCN(C)C(=O)c1cc(-c2ccc(C3CCCCC3)cc2)on1. The maximum Gasteiger partial charge on any atom is 0.275 e. The molecule has 1 heterocycles. The molecule has 4 heteroatoms. The van der Waals surface area contributed by atoms with Gasteiger partial charge in [0.05, 0.1) is 0 Å². The lowest BCUT2D eigenvalue weighted by Gasteiger charge is -2.21. The highest BCUT2D eigenvalue weighted by molar-refractivity contribution is 5.92. The molecule has 1 aliphatic carbocycles. The molecule has 0 N–H and O–H groups in total. The molecule has 1 aromatic carbocycles. The van der Waals surface area contributed by atoms with Crippen LogP contribution in [0.4, 0.5) is 0 Å². The van der Waals surface area contributed by atoms with Gasteiger partial charge in [0.2, 0.25) is 0 Å². The van der Waals surface area contributed by atoms with Gasteiger partial charge in [-0.2, -0.15) is 0 Å². The molecule has 0 radical (unpaired) electrons. The van der Waals surface area contributed by atoms with Gasteiger partial charge in [0.15, 0.2) is 11.5 Å². The monoisotopic (exact) mass is 340 g/mol. The van der Waals surface area contributed by atoms with E-state index in [1.165, 1.54) is 37.7 Å². The number of hydrogen-bond acceptors (Lipinski definition) is 3. The predicted octanol–water partition coefficient (Wildman–Crippen LogP) is 5.26. The van der Waals surface area contributed by atoms with Crippen molar-refractivity contribution < 1.29 is 9.32 Å². The molecule has 4 nitrogen and oxygen atoms in total. The quantitative estimate of drug-likeness (QED) is 0.720. The molecule has 1 aromatic heterocycles. The number of carbonyl (C=O) groups is 1. The average Bonchev–Trinajstić information content (AvgIpc) is 3.16. The molecular formula is C21H28N2O2. The molecule has 0 saturated heterocycles. The van der Waals surface area contributed by atoms with E-state index >= 15 is 0 Å². The molecule has 3 rings (SSSR count). The minimum absolute atomic E-state index is 0.0812. The Hall–Kier alpha value is -2.10. The Morgan fingerprint density at radius 2 is 1.92 bits per heavy atom. The summed E-state index contributed by atoms with van der Waals surface area (Å²) < 4.78 is 5.41. The number of aromatic nitrogens is 1. The highest BCUT2D eigenvalue weighted by Gasteiger charge is 2.18. The van der Waals surface area contributed by atoms with Crippen LogP contribution in [-0.2, 0) is 0 Å². The normalized spacial score (nSPS) is 15.3. The summed E-state index contributed by atoms with van der Waals surface area (Å²) in [7, 11) is 1.81. The van der Waals surface area contributed by atoms with E-state index in [0.29, 0.717) is 17.4 Å². The smallest absolute Gasteiger partial charge is 0.275 e. The van der Waals surface area contributed by atoms with E-state index in [2.05, 4.69) is 36.3 Å². The van der Waals surface area contributed by atoms with Crippen molar-refractivity contribution in [1.29, 1.82) is 0 Å². The second-order valence-corrected chi connectivity index (χ2v) is 7.11. The van der Waals surface area contributed by atoms with E-state index in [9.17, 15) is 4.79 Å². The first-order chi connectivity index (χ1) is 12.2. The Morgan fingerprint density at radius 1 is 1.20 bits per heavy atom. The van der Waals surface area contributed by atoms with Crippen LogP contribution in [0.5, 0.6) is 0 Å². The van der Waals surface area contributed by atoms with Crippen molar-refractivity contribution in [1.82, 2.24) is 10.1 Å². The van der Waals surface area contributed by atoms with Gasteiger partial charge >= 0.3 is 0 Å². The third-order valence-corrected chi connectivity index (χ3v) is 5.19. The predicted molar refractivity (Wildman–Crippen MR) is 99.6 cm³/mol. The van der Waals surface area contributed by atoms with Crippen LogP contribution in [0.25, 0.3) is 11.3 Å². The molecule has 25 heavy (non-hydrogen) atoms. The highest BCUT2D eigenvalue weighted by atomic mass is 16.5. The zero-order valence-corrected chi connectivity index (χ0v) is 15.3. The molecule has 134 valence electrons. The minimum Gasteiger partial charge on any atom is -0.355 e. The first kappa shape index (κ1) is 17.7. The second kappa shape index (κ2) is 8.32. The third-order valence-electron chi connectivity index (χ3n) is 5.19. The number of nitrogens with zero attached hydrogens (tertiary/aromatic N) is 2. The van der Waals surface area contributed by atoms with Crippen LogP contribution < -0.4 is 0 Å². The zero-order chi connectivity index (χ0) is 17.6. The van der Waals surface area contributed by atoms with Gasteiger partial charge in [-0.3, -0.25) is 4.79 Å². The van der Waals surface area contributed by atoms with Crippen molar-refractivity contribution in [2.45, 2.75) is 57.8 Å². The Balaban J connectivity index is 1.68. The Morgan fingerprint density at radius 3 is 2.60 bits per heavy atom. The first-order valence-electron chi connectivity index (χ1n) is 9.51. The Bertz CT molecular complexity index is 684. The second-order valence-electron chi connectivity index (χ2n) is 7.11. The molecule has 0 bridgehead atoms. The van der Waals surface area contributed by atoms with E-state index in [4.69, 9.17) is 4.52 Å². The number of benzene rings is 1. The fraction of sp³-hybridized carbons (Fsp3) is 0.524. The maximum absolute atomic E-state index is 12.4. The molecular weight excluding hydrogens is 312 g/mol. The van der Waals surface area contributed by atoms with Gasteiger partial charge in [-0.25, -0.2) is 0 Å². The maximum atomic E-state index is 12.4. The minimum atomic E-state index is -0.0812. The van der Waals surface area contributed by atoms with Gasteiger partial charge in [0.25, 0.3) is 5.91 Å². The highest BCUT2D eigenvalue weighted by Crippen LogP contribution is 2.33. The summed E-state index contributed by atoms with van der Waals surface area (Å²) in [4.78, 5) is 14.1. The lowest BCUT2D eigenvalue weighted by Crippen LogP contribution is -2.27. The van der Waals surface area contributed by atoms with Crippen LogP contribution in [-0.4, -0.2) is 29.6 Å². The van der Waals surface area contributed by atoms with Crippen LogP contribution in [0.2, 0.25) is 0 Å². The van der Waals surface area contributed by atoms with E-state index in [1.807, 2.05) is 7.05 Å². The van der Waals surface area contributed by atoms with Gasteiger partial charge < -0.3 is 9.42 Å². The molecule has 1 amide bonds. The molecule has 0 aliphatic heterocycles. The van der Waals surface area contributed by atoms with Crippen LogP contribution in [0.3, 0.4) is 0 Å². The van der Waals surface area contributed by atoms with Crippen LogP contribution in [0.1, 0.15) is 73.8 Å². The van der Waals surface area contributed by atoms with Crippen molar-refractivity contribution in [3.63, 3.8) is 0 Å². The number of rotatable bonds is 6. The molecule has 1 saturated carbocycles. The fourth-order valence-electron chi connectivity index (χ4n) is 3.56. The summed E-state index contributed by atoms with van der Waals surface area (Å²) in [5.41, 5.74) is 2.77. The first-order valence-corrected chi connectivity index (χ1v) is 9.51. The number of unbranched alkanes of at least 4 members (excludes halogenated alkanes) is 1. The molecule has 0 atom stereocenters. The van der Waals surface area contributed by atoms with Crippen molar-refractivity contribution in [3.05, 3.63) is 41.6 Å². The standard InChI is InChI=1S/C21H28N2O2/c1-3-4-14-23(2)21(24)19-15-20(25-22-19)18-12-10-17(11-13-18)16-8-6-5-7-9-16/h10-13,15-16H,3-9,14H2,1-2H3. The van der Waals surface area contributed by atoms with Crippen LogP contribution in [0.15, 0.2) is 34.9 Å². The van der Waals surface area contributed by atoms with Crippen LogP contribution in [0, 0.1) is 0 Å². The number of amides is 1. The fourth-order valence-corrected chi connectivity index (χ4v) is 3.56. The van der Waals surface area contributed by atoms with Gasteiger partial charge in [-0.05, 0) is 30.7 Å². The number of carbonyl (C=O) groups excluding carboxylic acids is 1. The van der Waals surface area contributed by atoms with E-state index in [1.54, 1.807) is 11.0 Å². The van der Waals surface area contributed by atoms with Crippen LogP contribution >= 0.6 is 0 Å². The van der Waals surface area contributed by atoms with Gasteiger partial charge in [-0.15, -0.1) is 0 Å². The summed E-state index contributed by atoms with van der Waals surface area (Å²) >= 11 is 0. The molecule has 0 unspecified atom stereocenters. The summed E-state index contributed by atoms with van der Waals surface area (Å²) in [6.07, 6.45) is 8.70. The Kier molecular flexibility index (Phi) is 5.90. The Labute approximate surface area is 150 Å². The van der Waals surface area contributed by atoms with E-state index < -0.39 is 0 Å². The molecule has 2 aromatic rings. The van der Waals surface area contributed by atoms with Crippen molar-refractivity contribution in [2.24, 2.45) is 0 Å². The summed E-state index contributed by atoms with van der Waals surface area (Å²) in [5, 5.41) is 3.97. The van der Waals surface area contributed by atoms with E-state index in [0.717, 1.165) is 24.9 Å². The molecule has 0 spiro atoms. The molecule has 1 aliphatic rings. The topological polar surface area (TPSA) is 46.3 Å². The largest absolute Gasteiger partial charge is 0.355 e. The van der Waals surface area contributed by atoms with Gasteiger partial charge in [0, 0.05) is 25.2 Å². The summed E-state index contributed by atoms with van der Waals surface area (Å²) in [6.45, 7) is 2.86.